The van der Waals surface area contributed by atoms with E-state index < -0.39 is 0 Å². The molecule has 0 saturated heterocycles. The van der Waals surface area contributed by atoms with Gasteiger partial charge in [-0.15, -0.1) is 0 Å². The minimum Gasteiger partial charge on any atom is -0.456 e. The minimum atomic E-state index is 0.838. The Hall–Kier alpha value is -8.08. The highest BCUT2D eigenvalue weighted by Gasteiger charge is 2.24. The Kier molecular flexibility index (Phi) is 9.60. The van der Waals surface area contributed by atoms with Gasteiger partial charge in [0.05, 0.1) is 0 Å². The van der Waals surface area contributed by atoms with Crippen LogP contribution in [0.5, 0.6) is 0 Å². The summed E-state index contributed by atoms with van der Waals surface area (Å²) < 4.78 is 14.1. The van der Waals surface area contributed by atoms with E-state index in [0.717, 1.165) is 87.9 Å². The van der Waals surface area contributed by atoms with Crippen LogP contribution in [0.3, 0.4) is 0 Å². The van der Waals surface area contributed by atoms with Crippen molar-refractivity contribution in [1.82, 2.24) is 0 Å². The SMILES string of the molecule is Cc1cccc(N(c2ccc3cc4c(cc3c2)oc2c(-c3ccccc3)c3c(cc24)oc2cc4cc(N(c5cccc(C)c5C)c5cccc(C)c5C)ccc4cc23)c2cccc(C)c2C)c1C. The van der Waals surface area contributed by atoms with E-state index in [4.69, 9.17) is 8.83 Å². The van der Waals surface area contributed by atoms with Crippen molar-refractivity contribution in [3.8, 4) is 11.1 Å². The molecule has 2 aromatic heterocycles. The normalized spacial score (nSPS) is 11.8. The number of rotatable bonds is 7. The van der Waals surface area contributed by atoms with Crippen LogP contribution in [0.4, 0.5) is 34.1 Å². The summed E-state index contributed by atoms with van der Waals surface area (Å²) in [6.07, 6.45) is 0. The standard InChI is InChI=1S/C64H52N2O2/c1-37-16-12-22-55(41(37)5)65(56-23-13-17-38(2)42(56)6)50-28-26-46-32-52-53-36-61-63(62(45-20-10-9-11-21-45)64(53)68-59(52)34-48(46)30-50)54-33-47-27-29-51(31-49(47)35-60(54)67-61)66(57-24-14-18-39(3)43(57)7)58-25-15-19-40(4)44(58)8/h9-36H,1-8H3. The summed E-state index contributed by atoms with van der Waals surface area (Å²) >= 11 is 0. The average molecular weight is 881 g/mol. The van der Waals surface area contributed by atoms with Crippen molar-refractivity contribution in [2.24, 2.45) is 0 Å². The van der Waals surface area contributed by atoms with Gasteiger partial charge < -0.3 is 18.6 Å². The molecule has 10 aromatic carbocycles. The van der Waals surface area contributed by atoms with Crippen LogP contribution in [0.25, 0.3) is 76.5 Å². The van der Waals surface area contributed by atoms with E-state index >= 15 is 0 Å². The van der Waals surface area contributed by atoms with Gasteiger partial charge in [-0.3, -0.25) is 0 Å². The van der Waals surface area contributed by atoms with Crippen LogP contribution in [0, 0.1) is 55.4 Å². The molecule has 0 radical (unpaired) electrons. The third kappa shape index (κ3) is 6.50. The zero-order valence-electron chi connectivity index (χ0n) is 39.9. The molecule has 4 nitrogen and oxygen atoms in total. The van der Waals surface area contributed by atoms with E-state index in [0.29, 0.717) is 0 Å². The lowest BCUT2D eigenvalue weighted by Gasteiger charge is -2.30. The molecule has 0 fully saturated rings. The first kappa shape index (κ1) is 41.4. The highest BCUT2D eigenvalue weighted by molar-refractivity contribution is 6.25. The van der Waals surface area contributed by atoms with Gasteiger partial charge in [0.25, 0.3) is 0 Å². The highest BCUT2D eigenvalue weighted by Crippen LogP contribution is 2.48. The van der Waals surface area contributed by atoms with Crippen LogP contribution in [0.15, 0.2) is 179 Å². The van der Waals surface area contributed by atoms with E-state index in [9.17, 15) is 0 Å². The number of furan rings is 2. The van der Waals surface area contributed by atoms with Gasteiger partial charge in [-0.1, -0.05) is 91.0 Å². The second-order valence-electron chi connectivity index (χ2n) is 18.9. The zero-order valence-corrected chi connectivity index (χ0v) is 39.9. The molecule has 68 heavy (non-hydrogen) atoms. The molecule has 0 atom stereocenters. The monoisotopic (exact) mass is 880 g/mol. The average Bonchev–Trinajstić information content (AvgIpc) is 3.88. The fraction of sp³-hybridized carbons (Fsp3) is 0.125. The van der Waals surface area contributed by atoms with Crippen molar-refractivity contribution in [2.45, 2.75) is 55.4 Å². The highest BCUT2D eigenvalue weighted by atomic mass is 16.3. The van der Waals surface area contributed by atoms with E-state index in [1.807, 2.05) is 0 Å². The van der Waals surface area contributed by atoms with Gasteiger partial charge in [0.15, 0.2) is 0 Å². The molecule has 12 rings (SSSR count). The van der Waals surface area contributed by atoms with Crippen LogP contribution < -0.4 is 9.80 Å². The van der Waals surface area contributed by atoms with Crippen LogP contribution in [-0.2, 0) is 0 Å². The van der Waals surface area contributed by atoms with E-state index in [1.165, 1.54) is 67.3 Å². The fourth-order valence-corrected chi connectivity index (χ4v) is 10.5. The van der Waals surface area contributed by atoms with Gasteiger partial charge in [-0.05, 0) is 206 Å². The lowest BCUT2D eigenvalue weighted by molar-refractivity contribution is 0.665. The molecule has 0 bridgehead atoms. The summed E-state index contributed by atoms with van der Waals surface area (Å²) in [6.45, 7) is 17.6. The molecule has 0 saturated carbocycles. The molecule has 330 valence electrons. The van der Waals surface area contributed by atoms with Crippen molar-refractivity contribution < 1.29 is 8.83 Å². The molecular formula is C64H52N2O2. The molecular weight excluding hydrogens is 829 g/mol. The lowest BCUT2D eigenvalue weighted by Crippen LogP contribution is -2.13. The van der Waals surface area contributed by atoms with Crippen LogP contribution in [0.1, 0.15) is 44.5 Å². The number of anilines is 6. The molecule has 0 N–H and O–H groups in total. The molecule has 2 heterocycles. The van der Waals surface area contributed by atoms with Gasteiger partial charge in [-0.25, -0.2) is 0 Å². The van der Waals surface area contributed by atoms with Crippen LogP contribution in [0.2, 0.25) is 0 Å². The van der Waals surface area contributed by atoms with Gasteiger partial charge >= 0.3 is 0 Å². The molecule has 0 aliphatic carbocycles. The van der Waals surface area contributed by atoms with Crippen LogP contribution in [-0.4, -0.2) is 0 Å². The number of hydrogen-bond donors (Lipinski definition) is 0. The van der Waals surface area contributed by atoms with Crippen molar-refractivity contribution in [2.75, 3.05) is 9.80 Å². The number of fused-ring (bicyclic) bond motifs is 8. The smallest absolute Gasteiger partial charge is 0.144 e. The Labute approximate surface area is 397 Å². The number of benzene rings is 10. The second-order valence-corrected chi connectivity index (χ2v) is 18.9. The first-order chi connectivity index (χ1) is 33.0. The minimum absolute atomic E-state index is 0.838. The predicted molar refractivity (Wildman–Crippen MR) is 289 cm³/mol. The first-order valence-corrected chi connectivity index (χ1v) is 23.7. The molecule has 0 amide bonds. The van der Waals surface area contributed by atoms with Gasteiger partial charge in [0.1, 0.15) is 22.3 Å². The van der Waals surface area contributed by atoms with Gasteiger partial charge in [-0.2, -0.15) is 0 Å². The maximum Gasteiger partial charge on any atom is 0.144 e. The summed E-state index contributed by atoms with van der Waals surface area (Å²) in [6, 6.07) is 61.8. The number of nitrogens with zero attached hydrogens (tertiary/aromatic N) is 2. The summed E-state index contributed by atoms with van der Waals surface area (Å²) in [5.74, 6) is 0. The Morgan fingerprint density at radius 2 is 0.765 bits per heavy atom. The van der Waals surface area contributed by atoms with E-state index in [2.05, 4.69) is 235 Å². The van der Waals surface area contributed by atoms with Crippen molar-refractivity contribution in [3.63, 3.8) is 0 Å². The molecule has 4 heteroatoms. The summed E-state index contributed by atoms with van der Waals surface area (Å²) in [7, 11) is 0. The summed E-state index contributed by atoms with van der Waals surface area (Å²) in [5.41, 5.74) is 22.5. The van der Waals surface area contributed by atoms with E-state index in [1.54, 1.807) is 0 Å². The third-order valence-corrected chi connectivity index (χ3v) is 14.9. The zero-order chi connectivity index (χ0) is 46.5. The Morgan fingerprint density at radius 3 is 1.24 bits per heavy atom. The topological polar surface area (TPSA) is 32.8 Å². The summed E-state index contributed by atoms with van der Waals surface area (Å²) in [4.78, 5) is 4.83. The molecule has 12 aromatic rings. The van der Waals surface area contributed by atoms with E-state index in [-0.39, 0.29) is 0 Å². The Bertz CT molecular complexity index is 3790. The fourth-order valence-electron chi connectivity index (χ4n) is 10.5. The predicted octanol–water partition coefficient (Wildman–Crippen LogP) is 18.9. The second kappa shape index (κ2) is 15.8. The van der Waals surface area contributed by atoms with Crippen molar-refractivity contribution >= 4 is 99.5 Å². The van der Waals surface area contributed by atoms with Crippen molar-refractivity contribution in [3.05, 3.63) is 214 Å². The lowest BCUT2D eigenvalue weighted by atomic mass is 9.95. The maximum absolute atomic E-state index is 7.10. The van der Waals surface area contributed by atoms with Gasteiger partial charge in [0.2, 0.25) is 0 Å². The molecule has 0 unspecified atom stereocenters. The summed E-state index contributed by atoms with van der Waals surface area (Å²) in [5, 5.41) is 8.74. The van der Waals surface area contributed by atoms with Crippen molar-refractivity contribution in [1.29, 1.82) is 0 Å². The third-order valence-electron chi connectivity index (χ3n) is 14.9. The largest absolute Gasteiger partial charge is 0.456 e. The Balaban J connectivity index is 1.04. The molecule has 0 aliphatic heterocycles. The quantitative estimate of drug-likeness (QED) is 0.160. The van der Waals surface area contributed by atoms with Crippen LogP contribution >= 0.6 is 0 Å². The molecule has 0 spiro atoms. The number of aryl methyl sites for hydroxylation is 4. The van der Waals surface area contributed by atoms with Gasteiger partial charge in [0, 0.05) is 61.2 Å². The maximum atomic E-state index is 7.10. The first-order valence-electron chi connectivity index (χ1n) is 23.7. The molecule has 0 aliphatic rings. The Morgan fingerprint density at radius 1 is 0.324 bits per heavy atom. The number of hydrogen-bond acceptors (Lipinski definition) is 4.